The smallest absolute Gasteiger partial charge is 0.113 e. The number of hydrogen-bond acceptors (Lipinski definition) is 5. The molecular formula is C15H24N2O2S. The Morgan fingerprint density at radius 3 is 3.25 bits per heavy atom. The summed E-state index contributed by atoms with van der Waals surface area (Å²) >= 11 is 1.90. The van der Waals surface area contributed by atoms with Crippen molar-refractivity contribution in [3.05, 3.63) is 21.4 Å². The Morgan fingerprint density at radius 2 is 2.30 bits per heavy atom. The Balaban J connectivity index is 1.53. The second-order valence-electron chi connectivity index (χ2n) is 5.93. The Morgan fingerprint density at radius 1 is 1.40 bits per heavy atom. The summed E-state index contributed by atoms with van der Waals surface area (Å²) in [5, 5.41) is 19.4. The number of rotatable bonds is 4. The summed E-state index contributed by atoms with van der Waals surface area (Å²) < 4.78 is 5.44. The first-order valence-corrected chi connectivity index (χ1v) is 8.44. The van der Waals surface area contributed by atoms with E-state index in [1.54, 1.807) is 10.4 Å². The molecular weight excluding hydrogens is 272 g/mol. The maximum Gasteiger partial charge on any atom is 0.113 e. The molecule has 1 saturated heterocycles. The van der Waals surface area contributed by atoms with Gasteiger partial charge in [-0.25, -0.2) is 0 Å². The average Bonchev–Trinajstić information content (AvgIpc) is 2.74. The van der Waals surface area contributed by atoms with Crippen LogP contribution >= 0.6 is 11.3 Å². The zero-order chi connectivity index (χ0) is 13.8. The fraction of sp³-hybridized carbons (Fsp3) is 0.733. The molecule has 1 aliphatic carbocycles. The molecule has 1 fully saturated rings. The number of hydrogen-bond donors (Lipinski definition) is 3. The van der Waals surface area contributed by atoms with Crippen molar-refractivity contribution in [3.8, 4) is 0 Å². The van der Waals surface area contributed by atoms with Gasteiger partial charge in [0.15, 0.2) is 0 Å². The van der Waals surface area contributed by atoms with E-state index in [-0.39, 0.29) is 0 Å². The fourth-order valence-corrected chi connectivity index (χ4v) is 4.18. The lowest BCUT2D eigenvalue weighted by molar-refractivity contribution is -0.0264. The van der Waals surface area contributed by atoms with E-state index in [4.69, 9.17) is 4.74 Å². The van der Waals surface area contributed by atoms with Crippen LogP contribution in [0.15, 0.2) is 5.38 Å². The lowest BCUT2D eigenvalue weighted by atomic mass is 9.96. The molecule has 1 atom stereocenters. The van der Waals surface area contributed by atoms with Gasteiger partial charge in [0.1, 0.15) is 5.60 Å². The Hall–Kier alpha value is -0.460. The van der Waals surface area contributed by atoms with Crippen LogP contribution in [0.1, 0.15) is 28.8 Å². The minimum atomic E-state index is -0.785. The van der Waals surface area contributed by atoms with Crippen LogP contribution in [0.4, 0.5) is 0 Å². The molecule has 5 heteroatoms. The number of aliphatic hydroxyl groups is 1. The van der Waals surface area contributed by atoms with E-state index in [0.717, 1.165) is 13.1 Å². The minimum Gasteiger partial charge on any atom is -0.385 e. The zero-order valence-electron chi connectivity index (χ0n) is 11.9. The summed E-state index contributed by atoms with van der Waals surface area (Å²) in [6.45, 7) is 3.94. The Kier molecular flexibility index (Phi) is 4.73. The van der Waals surface area contributed by atoms with Crippen molar-refractivity contribution in [2.75, 3.05) is 32.8 Å². The highest BCUT2D eigenvalue weighted by molar-refractivity contribution is 7.10. The van der Waals surface area contributed by atoms with Crippen LogP contribution in [0.2, 0.25) is 0 Å². The molecule has 4 nitrogen and oxygen atoms in total. The van der Waals surface area contributed by atoms with Crippen LogP contribution in [0, 0.1) is 0 Å². The highest BCUT2D eigenvalue weighted by atomic mass is 32.1. The number of ether oxygens (including phenoxy) is 1. The topological polar surface area (TPSA) is 53.5 Å². The van der Waals surface area contributed by atoms with Crippen LogP contribution in [-0.2, 0) is 24.1 Å². The van der Waals surface area contributed by atoms with Gasteiger partial charge < -0.3 is 20.5 Å². The molecule has 3 N–H and O–H groups in total. The highest BCUT2D eigenvalue weighted by Gasteiger charge is 2.28. The Labute approximate surface area is 124 Å². The van der Waals surface area contributed by atoms with Crippen molar-refractivity contribution in [3.63, 3.8) is 0 Å². The van der Waals surface area contributed by atoms with E-state index in [1.165, 1.54) is 31.2 Å². The van der Waals surface area contributed by atoms with Crippen molar-refractivity contribution in [2.24, 2.45) is 0 Å². The van der Waals surface area contributed by atoms with Gasteiger partial charge in [0.2, 0.25) is 0 Å². The van der Waals surface area contributed by atoms with Gasteiger partial charge in [-0.05, 0) is 42.2 Å². The van der Waals surface area contributed by atoms with Gasteiger partial charge in [-0.15, -0.1) is 11.3 Å². The third-order valence-electron chi connectivity index (χ3n) is 4.17. The fourth-order valence-electron chi connectivity index (χ4n) is 3.03. The third kappa shape index (κ3) is 3.40. The third-order valence-corrected chi connectivity index (χ3v) is 5.30. The molecule has 1 aliphatic heterocycles. The summed E-state index contributed by atoms with van der Waals surface area (Å²) in [6.07, 6.45) is 5.13. The average molecular weight is 296 g/mol. The number of nitrogens with one attached hydrogen (secondary N) is 2. The second-order valence-corrected chi connectivity index (χ2v) is 6.89. The minimum absolute atomic E-state index is 0.411. The van der Waals surface area contributed by atoms with E-state index >= 15 is 0 Å². The van der Waals surface area contributed by atoms with Crippen molar-refractivity contribution in [1.29, 1.82) is 0 Å². The normalized spacial score (nSPS) is 27.1. The first-order chi connectivity index (χ1) is 9.77. The van der Waals surface area contributed by atoms with Crippen LogP contribution in [-0.4, -0.2) is 43.6 Å². The molecule has 2 heterocycles. The van der Waals surface area contributed by atoms with Gasteiger partial charge in [-0.2, -0.15) is 0 Å². The second kappa shape index (κ2) is 6.54. The maximum absolute atomic E-state index is 10.5. The van der Waals surface area contributed by atoms with Crippen LogP contribution < -0.4 is 10.6 Å². The van der Waals surface area contributed by atoms with Crippen molar-refractivity contribution >= 4 is 11.3 Å². The molecule has 0 unspecified atom stereocenters. The molecule has 2 aliphatic rings. The maximum atomic E-state index is 10.5. The zero-order valence-corrected chi connectivity index (χ0v) is 12.7. The van der Waals surface area contributed by atoms with Gasteiger partial charge in [0.25, 0.3) is 0 Å². The van der Waals surface area contributed by atoms with Crippen molar-refractivity contribution in [1.82, 2.24) is 10.6 Å². The summed E-state index contributed by atoms with van der Waals surface area (Å²) in [5.41, 5.74) is 2.21. The van der Waals surface area contributed by atoms with E-state index in [1.807, 2.05) is 11.3 Å². The van der Waals surface area contributed by atoms with Gasteiger partial charge in [0, 0.05) is 31.1 Å². The number of fused-ring (bicyclic) bond motifs is 1. The number of β-amino-alcohol motifs (C(OH)–C–C–N with tert-alkyl or cyclic N) is 1. The van der Waals surface area contributed by atoms with Crippen LogP contribution in [0.25, 0.3) is 0 Å². The lowest BCUT2D eigenvalue weighted by Crippen LogP contribution is -2.50. The standard InChI is InChI=1S/C15H24N2O2S/c18-15(9-16-5-6-19-11-15)10-17-7-12-8-20-14-4-2-1-3-13(12)14/h8,16-18H,1-7,9-11H2/t15-/m1/s1. The molecule has 0 radical (unpaired) electrons. The van der Waals surface area contributed by atoms with E-state index in [2.05, 4.69) is 16.0 Å². The summed E-state index contributed by atoms with van der Waals surface area (Å²) in [6, 6.07) is 0. The predicted octanol–water partition coefficient (Wildman–Crippen LogP) is 1.07. The molecule has 1 aromatic rings. The monoisotopic (exact) mass is 296 g/mol. The first-order valence-electron chi connectivity index (χ1n) is 7.56. The summed E-state index contributed by atoms with van der Waals surface area (Å²) in [5.74, 6) is 0. The molecule has 1 aromatic heterocycles. The largest absolute Gasteiger partial charge is 0.385 e. The first kappa shape index (κ1) is 14.5. The van der Waals surface area contributed by atoms with Gasteiger partial charge in [0.05, 0.1) is 13.2 Å². The summed E-state index contributed by atoms with van der Waals surface area (Å²) in [4.78, 5) is 1.58. The molecule has 0 amide bonds. The lowest BCUT2D eigenvalue weighted by Gasteiger charge is -2.26. The molecule has 3 rings (SSSR count). The molecule has 0 spiro atoms. The van der Waals surface area contributed by atoms with E-state index in [9.17, 15) is 5.11 Å². The van der Waals surface area contributed by atoms with Crippen LogP contribution in [0.3, 0.4) is 0 Å². The molecule has 0 bridgehead atoms. The Bertz CT molecular complexity index is 439. The molecule has 0 saturated carbocycles. The number of thiophene rings is 1. The summed E-state index contributed by atoms with van der Waals surface area (Å²) in [7, 11) is 0. The van der Waals surface area contributed by atoms with Crippen molar-refractivity contribution in [2.45, 2.75) is 37.8 Å². The van der Waals surface area contributed by atoms with E-state index < -0.39 is 5.60 Å². The molecule has 0 aromatic carbocycles. The van der Waals surface area contributed by atoms with E-state index in [0.29, 0.717) is 26.3 Å². The molecule has 20 heavy (non-hydrogen) atoms. The van der Waals surface area contributed by atoms with Gasteiger partial charge in [-0.1, -0.05) is 0 Å². The van der Waals surface area contributed by atoms with Gasteiger partial charge >= 0.3 is 0 Å². The van der Waals surface area contributed by atoms with Gasteiger partial charge in [-0.3, -0.25) is 0 Å². The SMILES string of the molecule is O[C@@]1(CNCc2csc3c2CCCC3)CNCCOC1. The molecule has 112 valence electrons. The predicted molar refractivity (Wildman–Crippen MR) is 81.3 cm³/mol. The van der Waals surface area contributed by atoms with Crippen molar-refractivity contribution < 1.29 is 9.84 Å². The van der Waals surface area contributed by atoms with Crippen LogP contribution in [0.5, 0.6) is 0 Å². The quantitative estimate of drug-likeness (QED) is 0.778. The highest BCUT2D eigenvalue weighted by Crippen LogP contribution is 2.30. The number of aryl methyl sites for hydroxylation is 1.